The van der Waals surface area contributed by atoms with Crippen molar-refractivity contribution < 1.29 is 17.6 Å². The van der Waals surface area contributed by atoms with Gasteiger partial charge < -0.3 is 5.32 Å². The number of carbonyl (C=O) groups is 1. The molecule has 0 bridgehead atoms. The molecule has 0 aliphatic carbocycles. The molecule has 0 fully saturated rings. The lowest BCUT2D eigenvalue weighted by Crippen LogP contribution is -2.33. The number of hydrogen-bond acceptors (Lipinski definition) is 3. The molecule has 2 rings (SSSR count). The Morgan fingerprint density at radius 2 is 1.64 bits per heavy atom. The van der Waals surface area contributed by atoms with Crippen LogP contribution >= 0.6 is 0 Å². The lowest BCUT2D eigenvalue weighted by atomic mass is 9.98. The standard InChI is InChI=1S/C19H22FNO3S/c1-12(2)17-7-5-6-13(3)18(17)21-19(22)14(4)25(23,24)16-10-8-15(20)9-11-16/h5-12,14H,1-4H3,(H,21,22). The Kier molecular flexibility index (Phi) is 5.62. The fourth-order valence-electron chi connectivity index (χ4n) is 2.54. The van der Waals surface area contributed by atoms with Gasteiger partial charge in [0.25, 0.3) is 0 Å². The number of para-hydroxylation sites is 1. The van der Waals surface area contributed by atoms with Gasteiger partial charge in [0.1, 0.15) is 11.1 Å². The molecule has 0 saturated carbocycles. The molecule has 1 N–H and O–H groups in total. The smallest absolute Gasteiger partial charge is 0.242 e. The van der Waals surface area contributed by atoms with Gasteiger partial charge in [-0.25, -0.2) is 12.8 Å². The summed E-state index contributed by atoms with van der Waals surface area (Å²) in [6, 6.07) is 10.1. The Morgan fingerprint density at radius 3 is 2.20 bits per heavy atom. The Morgan fingerprint density at radius 1 is 1.04 bits per heavy atom. The molecule has 0 aliphatic heterocycles. The number of hydrogen-bond donors (Lipinski definition) is 1. The SMILES string of the molecule is Cc1cccc(C(C)C)c1NC(=O)C(C)S(=O)(=O)c1ccc(F)cc1. The third-order valence-electron chi connectivity index (χ3n) is 4.15. The number of amides is 1. The predicted octanol–water partition coefficient (Wildman–Crippen LogP) is 4.06. The quantitative estimate of drug-likeness (QED) is 0.815. The van der Waals surface area contributed by atoms with E-state index in [9.17, 15) is 17.6 Å². The Hall–Kier alpha value is -2.21. The van der Waals surface area contributed by atoms with Crippen molar-refractivity contribution in [2.45, 2.75) is 43.8 Å². The molecule has 1 atom stereocenters. The average Bonchev–Trinajstić information content (AvgIpc) is 2.56. The molecular weight excluding hydrogens is 341 g/mol. The van der Waals surface area contributed by atoms with E-state index in [2.05, 4.69) is 5.32 Å². The van der Waals surface area contributed by atoms with Crippen molar-refractivity contribution in [3.8, 4) is 0 Å². The first-order valence-corrected chi connectivity index (χ1v) is 9.59. The van der Waals surface area contributed by atoms with Crippen LogP contribution in [0.3, 0.4) is 0 Å². The maximum Gasteiger partial charge on any atom is 0.242 e. The summed E-state index contributed by atoms with van der Waals surface area (Å²) in [5.41, 5.74) is 2.45. The van der Waals surface area contributed by atoms with E-state index in [0.717, 1.165) is 23.3 Å². The maximum absolute atomic E-state index is 13.0. The van der Waals surface area contributed by atoms with Gasteiger partial charge in [0.2, 0.25) is 5.91 Å². The van der Waals surface area contributed by atoms with Gasteiger partial charge in [0.05, 0.1) is 4.90 Å². The fraction of sp³-hybridized carbons (Fsp3) is 0.316. The van der Waals surface area contributed by atoms with E-state index in [4.69, 9.17) is 0 Å². The van der Waals surface area contributed by atoms with Crippen LogP contribution in [0.15, 0.2) is 47.4 Å². The third-order valence-corrected chi connectivity index (χ3v) is 6.23. The highest BCUT2D eigenvalue weighted by Gasteiger charge is 2.30. The zero-order valence-corrected chi connectivity index (χ0v) is 15.5. The van der Waals surface area contributed by atoms with Crippen LogP contribution in [0, 0.1) is 12.7 Å². The first-order valence-electron chi connectivity index (χ1n) is 8.04. The average molecular weight is 363 g/mol. The summed E-state index contributed by atoms with van der Waals surface area (Å²) >= 11 is 0. The topological polar surface area (TPSA) is 63.2 Å². The molecule has 0 radical (unpaired) electrons. The van der Waals surface area contributed by atoms with Crippen molar-refractivity contribution in [1.29, 1.82) is 0 Å². The van der Waals surface area contributed by atoms with Gasteiger partial charge in [0.15, 0.2) is 9.84 Å². The van der Waals surface area contributed by atoms with E-state index >= 15 is 0 Å². The summed E-state index contributed by atoms with van der Waals surface area (Å²) in [5.74, 6) is -0.961. The van der Waals surface area contributed by atoms with E-state index in [1.165, 1.54) is 19.1 Å². The summed E-state index contributed by atoms with van der Waals surface area (Å²) in [4.78, 5) is 12.5. The number of halogens is 1. The van der Waals surface area contributed by atoms with Crippen LogP contribution in [0.25, 0.3) is 0 Å². The normalized spacial score (nSPS) is 12.9. The van der Waals surface area contributed by atoms with Crippen molar-refractivity contribution in [1.82, 2.24) is 0 Å². The molecule has 0 heterocycles. The number of benzene rings is 2. The Bertz CT molecular complexity index is 874. The van der Waals surface area contributed by atoms with Gasteiger partial charge in [0, 0.05) is 5.69 Å². The zero-order chi connectivity index (χ0) is 18.8. The lowest BCUT2D eigenvalue weighted by Gasteiger charge is -2.19. The van der Waals surface area contributed by atoms with Crippen LogP contribution < -0.4 is 5.32 Å². The highest BCUT2D eigenvalue weighted by Crippen LogP contribution is 2.28. The molecule has 0 spiro atoms. The van der Waals surface area contributed by atoms with Gasteiger partial charge >= 0.3 is 0 Å². The summed E-state index contributed by atoms with van der Waals surface area (Å²) in [6.07, 6.45) is 0. The highest BCUT2D eigenvalue weighted by molar-refractivity contribution is 7.92. The summed E-state index contributed by atoms with van der Waals surface area (Å²) in [5, 5.41) is 1.46. The highest BCUT2D eigenvalue weighted by atomic mass is 32.2. The van der Waals surface area contributed by atoms with Crippen LogP contribution in [-0.2, 0) is 14.6 Å². The molecule has 4 nitrogen and oxygen atoms in total. The fourth-order valence-corrected chi connectivity index (χ4v) is 3.80. The molecule has 134 valence electrons. The van der Waals surface area contributed by atoms with E-state index in [1.807, 2.05) is 39.0 Å². The predicted molar refractivity (Wildman–Crippen MR) is 96.9 cm³/mol. The summed E-state index contributed by atoms with van der Waals surface area (Å²) in [7, 11) is -3.90. The molecule has 0 aromatic heterocycles. The summed E-state index contributed by atoms with van der Waals surface area (Å²) < 4.78 is 38.2. The van der Waals surface area contributed by atoms with Gasteiger partial charge in [-0.15, -0.1) is 0 Å². The number of carbonyl (C=O) groups excluding carboxylic acids is 1. The molecule has 2 aromatic rings. The Balaban J connectivity index is 2.31. The molecule has 0 saturated heterocycles. The minimum atomic E-state index is -3.90. The van der Waals surface area contributed by atoms with Crippen molar-refractivity contribution in [2.24, 2.45) is 0 Å². The second kappa shape index (κ2) is 7.35. The molecule has 0 aliphatic rings. The number of rotatable bonds is 5. The van der Waals surface area contributed by atoms with E-state index in [0.29, 0.717) is 5.69 Å². The molecule has 1 unspecified atom stereocenters. The molecule has 6 heteroatoms. The van der Waals surface area contributed by atoms with Gasteiger partial charge in [-0.2, -0.15) is 0 Å². The molecule has 25 heavy (non-hydrogen) atoms. The van der Waals surface area contributed by atoms with Gasteiger partial charge in [-0.05, 0) is 55.2 Å². The largest absolute Gasteiger partial charge is 0.324 e. The molecular formula is C19H22FNO3S. The number of nitrogens with one attached hydrogen (secondary N) is 1. The first kappa shape index (κ1) is 19.1. The zero-order valence-electron chi connectivity index (χ0n) is 14.7. The minimum Gasteiger partial charge on any atom is -0.324 e. The first-order chi connectivity index (χ1) is 11.6. The van der Waals surface area contributed by atoms with Crippen LogP contribution in [0.5, 0.6) is 0 Å². The van der Waals surface area contributed by atoms with Crippen LogP contribution in [0.1, 0.15) is 37.8 Å². The van der Waals surface area contributed by atoms with Gasteiger partial charge in [-0.3, -0.25) is 4.79 Å². The van der Waals surface area contributed by atoms with Crippen molar-refractivity contribution >= 4 is 21.4 Å². The van der Waals surface area contributed by atoms with Crippen LogP contribution in [0.2, 0.25) is 0 Å². The van der Waals surface area contributed by atoms with Crippen LogP contribution in [-0.4, -0.2) is 19.6 Å². The van der Waals surface area contributed by atoms with Crippen molar-refractivity contribution in [3.63, 3.8) is 0 Å². The maximum atomic E-state index is 13.0. The monoisotopic (exact) mass is 363 g/mol. The van der Waals surface area contributed by atoms with Crippen molar-refractivity contribution in [2.75, 3.05) is 5.32 Å². The minimum absolute atomic E-state index is 0.0783. The van der Waals surface area contributed by atoms with Crippen LogP contribution in [0.4, 0.5) is 10.1 Å². The second-order valence-corrected chi connectivity index (χ2v) is 8.59. The number of aryl methyl sites for hydroxylation is 1. The lowest BCUT2D eigenvalue weighted by molar-refractivity contribution is -0.115. The summed E-state index contributed by atoms with van der Waals surface area (Å²) in [6.45, 7) is 7.20. The number of anilines is 1. The van der Waals surface area contributed by atoms with Gasteiger partial charge in [-0.1, -0.05) is 32.0 Å². The second-order valence-electron chi connectivity index (χ2n) is 6.32. The van der Waals surface area contributed by atoms with E-state index in [1.54, 1.807) is 0 Å². The van der Waals surface area contributed by atoms with E-state index < -0.39 is 26.8 Å². The third kappa shape index (κ3) is 4.07. The molecule has 1 amide bonds. The molecule has 2 aromatic carbocycles. The number of sulfone groups is 1. The Labute approximate surface area is 148 Å². The van der Waals surface area contributed by atoms with E-state index in [-0.39, 0.29) is 10.8 Å². The van der Waals surface area contributed by atoms with Crippen molar-refractivity contribution in [3.05, 3.63) is 59.4 Å².